The zero-order valence-electron chi connectivity index (χ0n) is 12.7. The molecule has 0 spiro atoms. The summed E-state index contributed by atoms with van der Waals surface area (Å²) in [5.74, 6) is 0.276. The number of hydrogen-bond acceptors (Lipinski definition) is 3. The van der Waals surface area contributed by atoms with Gasteiger partial charge in [0, 0.05) is 22.5 Å². The number of nitrogens with zero attached hydrogens (tertiary/aromatic N) is 1. The van der Waals surface area contributed by atoms with Crippen LogP contribution >= 0.6 is 35.1 Å². The van der Waals surface area contributed by atoms with Gasteiger partial charge in [0.25, 0.3) is 0 Å². The van der Waals surface area contributed by atoms with Crippen LogP contribution in [0, 0.1) is 5.41 Å². The molecule has 0 aromatic heterocycles. The van der Waals surface area contributed by atoms with E-state index in [0.717, 1.165) is 21.2 Å². The molecule has 3 nitrogen and oxygen atoms in total. The van der Waals surface area contributed by atoms with Gasteiger partial charge >= 0.3 is 0 Å². The SMILES string of the molecule is CSc1cccc(NC(=N)N(C)c2cc(SC)ccc2Cl)c1. The van der Waals surface area contributed by atoms with Crippen molar-refractivity contribution in [2.24, 2.45) is 0 Å². The second-order valence-electron chi connectivity index (χ2n) is 4.58. The van der Waals surface area contributed by atoms with Crippen molar-refractivity contribution in [2.45, 2.75) is 9.79 Å². The zero-order chi connectivity index (χ0) is 16.1. The lowest BCUT2D eigenvalue weighted by Gasteiger charge is -2.22. The molecule has 2 N–H and O–H groups in total. The van der Waals surface area contributed by atoms with Crippen LogP contribution in [-0.4, -0.2) is 25.5 Å². The molecular weight excluding hydrogens is 334 g/mol. The van der Waals surface area contributed by atoms with E-state index < -0.39 is 0 Å². The fraction of sp³-hybridized carbons (Fsp3) is 0.188. The first-order valence-electron chi connectivity index (χ1n) is 6.62. The molecule has 0 saturated carbocycles. The van der Waals surface area contributed by atoms with E-state index in [1.165, 1.54) is 0 Å². The van der Waals surface area contributed by atoms with Crippen LogP contribution in [0.3, 0.4) is 0 Å². The van der Waals surface area contributed by atoms with Crippen molar-refractivity contribution in [1.82, 2.24) is 0 Å². The van der Waals surface area contributed by atoms with Crippen LogP contribution in [0.1, 0.15) is 0 Å². The largest absolute Gasteiger partial charge is 0.326 e. The topological polar surface area (TPSA) is 39.1 Å². The van der Waals surface area contributed by atoms with Crippen LogP contribution < -0.4 is 10.2 Å². The standard InChI is InChI=1S/C16H18ClN3S2/c1-20(15-10-13(22-3)7-8-14(15)17)16(18)19-11-5-4-6-12(9-11)21-2/h4-10H,1-3H3,(H2,18,19). The number of thioether (sulfide) groups is 2. The van der Waals surface area contributed by atoms with Gasteiger partial charge in [0.2, 0.25) is 0 Å². The third-order valence-corrected chi connectivity index (χ3v) is 4.95. The van der Waals surface area contributed by atoms with Gasteiger partial charge in [-0.15, -0.1) is 23.5 Å². The van der Waals surface area contributed by atoms with Crippen LogP contribution in [-0.2, 0) is 0 Å². The summed E-state index contributed by atoms with van der Waals surface area (Å²) in [6, 6.07) is 13.8. The molecule has 2 rings (SSSR count). The van der Waals surface area contributed by atoms with Gasteiger partial charge in [-0.25, -0.2) is 0 Å². The molecule has 0 aliphatic carbocycles. The summed E-state index contributed by atoms with van der Waals surface area (Å²) in [4.78, 5) is 4.01. The van der Waals surface area contributed by atoms with Crippen molar-refractivity contribution < 1.29 is 0 Å². The van der Waals surface area contributed by atoms with Crippen LogP contribution in [0.2, 0.25) is 5.02 Å². The Morgan fingerprint density at radius 1 is 1.09 bits per heavy atom. The molecule has 0 fully saturated rings. The first kappa shape index (κ1) is 17.1. The molecule has 22 heavy (non-hydrogen) atoms. The number of guanidine groups is 1. The number of hydrogen-bond donors (Lipinski definition) is 2. The predicted molar refractivity (Wildman–Crippen MR) is 101 cm³/mol. The van der Waals surface area contributed by atoms with Crippen molar-refractivity contribution in [3.05, 3.63) is 47.5 Å². The van der Waals surface area contributed by atoms with Gasteiger partial charge in [0.1, 0.15) is 0 Å². The average molecular weight is 352 g/mol. The van der Waals surface area contributed by atoms with Gasteiger partial charge in [0.05, 0.1) is 10.7 Å². The summed E-state index contributed by atoms with van der Waals surface area (Å²) < 4.78 is 0. The van der Waals surface area contributed by atoms with Crippen molar-refractivity contribution in [3.63, 3.8) is 0 Å². The maximum atomic E-state index is 8.26. The Labute approximate surface area is 144 Å². The molecule has 0 bridgehead atoms. The molecule has 0 radical (unpaired) electrons. The summed E-state index contributed by atoms with van der Waals surface area (Å²) in [6.07, 6.45) is 4.05. The Kier molecular flexibility index (Phi) is 6.06. The highest BCUT2D eigenvalue weighted by atomic mass is 35.5. The van der Waals surface area contributed by atoms with E-state index in [1.807, 2.05) is 62.0 Å². The maximum absolute atomic E-state index is 8.26. The first-order valence-corrected chi connectivity index (χ1v) is 9.45. The Morgan fingerprint density at radius 2 is 1.77 bits per heavy atom. The van der Waals surface area contributed by atoms with E-state index in [1.54, 1.807) is 28.4 Å². The van der Waals surface area contributed by atoms with E-state index in [9.17, 15) is 0 Å². The molecule has 0 unspecified atom stereocenters. The molecule has 0 aliphatic heterocycles. The van der Waals surface area contributed by atoms with Gasteiger partial charge in [-0.3, -0.25) is 5.41 Å². The van der Waals surface area contributed by atoms with Crippen molar-refractivity contribution in [2.75, 3.05) is 29.8 Å². The summed E-state index contributed by atoms with van der Waals surface area (Å²) >= 11 is 9.59. The number of halogens is 1. The minimum atomic E-state index is 0.276. The van der Waals surface area contributed by atoms with Crippen molar-refractivity contribution in [1.29, 1.82) is 5.41 Å². The number of benzene rings is 2. The minimum Gasteiger partial charge on any atom is -0.326 e. The zero-order valence-corrected chi connectivity index (χ0v) is 15.1. The molecule has 0 heterocycles. The molecular formula is C16H18ClN3S2. The lowest BCUT2D eigenvalue weighted by atomic mass is 10.3. The maximum Gasteiger partial charge on any atom is 0.199 e. The number of rotatable bonds is 4. The second kappa shape index (κ2) is 7.81. The summed E-state index contributed by atoms with van der Waals surface area (Å²) in [6.45, 7) is 0. The Morgan fingerprint density at radius 3 is 2.45 bits per heavy atom. The second-order valence-corrected chi connectivity index (χ2v) is 6.75. The molecule has 0 atom stereocenters. The van der Waals surface area contributed by atoms with Gasteiger partial charge in [0.15, 0.2) is 5.96 Å². The average Bonchev–Trinajstić information content (AvgIpc) is 2.54. The predicted octanol–water partition coefficient (Wildman–Crippen LogP) is 5.27. The Balaban J connectivity index is 2.18. The van der Waals surface area contributed by atoms with Crippen LogP contribution in [0.4, 0.5) is 11.4 Å². The molecule has 0 saturated heterocycles. The quantitative estimate of drug-likeness (QED) is 0.447. The van der Waals surface area contributed by atoms with E-state index in [2.05, 4.69) is 5.32 Å². The van der Waals surface area contributed by atoms with Gasteiger partial charge < -0.3 is 10.2 Å². The lowest BCUT2D eigenvalue weighted by Crippen LogP contribution is -2.32. The van der Waals surface area contributed by atoms with Crippen molar-refractivity contribution >= 4 is 52.5 Å². The molecule has 0 amide bonds. The summed E-state index contributed by atoms with van der Waals surface area (Å²) in [5, 5.41) is 12.0. The fourth-order valence-corrected chi connectivity index (χ4v) is 3.06. The van der Waals surface area contributed by atoms with Crippen LogP contribution in [0.5, 0.6) is 0 Å². The third-order valence-electron chi connectivity index (χ3n) is 3.18. The molecule has 2 aromatic rings. The highest BCUT2D eigenvalue weighted by Gasteiger charge is 2.12. The monoisotopic (exact) mass is 351 g/mol. The van der Waals surface area contributed by atoms with Gasteiger partial charge in [-0.1, -0.05) is 17.7 Å². The highest BCUT2D eigenvalue weighted by Crippen LogP contribution is 2.30. The summed E-state index contributed by atoms with van der Waals surface area (Å²) in [7, 11) is 1.83. The highest BCUT2D eigenvalue weighted by molar-refractivity contribution is 7.98. The minimum absolute atomic E-state index is 0.276. The van der Waals surface area contributed by atoms with E-state index in [0.29, 0.717) is 5.02 Å². The van der Waals surface area contributed by atoms with Crippen LogP contribution in [0.25, 0.3) is 0 Å². The van der Waals surface area contributed by atoms with Crippen molar-refractivity contribution in [3.8, 4) is 0 Å². The Bertz CT molecular complexity index is 676. The Hall–Kier alpha value is -1.30. The lowest BCUT2D eigenvalue weighted by molar-refractivity contribution is 1.20. The van der Waals surface area contributed by atoms with Gasteiger partial charge in [-0.05, 0) is 48.9 Å². The van der Waals surface area contributed by atoms with Crippen LogP contribution in [0.15, 0.2) is 52.3 Å². The molecule has 6 heteroatoms. The van der Waals surface area contributed by atoms with E-state index >= 15 is 0 Å². The van der Waals surface area contributed by atoms with E-state index in [4.69, 9.17) is 17.0 Å². The van der Waals surface area contributed by atoms with Gasteiger partial charge in [-0.2, -0.15) is 0 Å². The summed E-state index contributed by atoms with van der Waals surface area (Å²) in [5.41, 5.74) is 1.70. The molecule has 0 aliphatic rings. The number of nitrogens with one attached hydrogen (secondary N) is 2. The molecule has 2 aromatic carbocycles. The molecule has 116 valence electrons. The van der Waals surface area contributed by atoms with E-state index in [-0.39, 0.29) is 5.96 Å². The first-order chi connectivity index (χ1) is 10.5. The normalized spacial score (nSPS) is 10.4. The third kappa shape index (κ3) is 4.12. The smallest absolute Gasteiger partial charge is 0.199 e. The fourth-order valence-electron chi connectivity index (χ4n) is 1.92. The number of anilines is 2.